The summed E-state index contributed by atoms with van der Waals surface area (Å²) in [7, 11) is 3.75. The van der Waals surface area contributed by atoms with Gasteiger partial charge in [-0.25, -0.2) is 0 Å². The van der Waals surface area contributed by atoms with Crippen molar-refractivity contribution in [3.8, 4) is 5.75 Å². The SMILES string of the molecule is COc1ccc([C@H]2[C@@H]3CN(CCC(F)(F)F)C[C@@H]3CN2C)cc1. The van der Waals surface area contributed by atoms with Crippen molar-refractivity contribution in [1.29, 1.82) is 0 Å². The van der Waals surface area contributed by atoms with Gasteiger partial charge in [0.15, 0.2) is 0 Å². The van der Waals surface area contributed by atoms with Gasteiger partial charge in [-0.3, -0.25) is 4.90 Å². The van der Waals surface area contributed by atoms with Crippen LogP contribution in [-0.2, 0) is 0 Å². The molecule has 3 nitrogen and oxygen atoms in total. The van der Waals surface area contributed by atoms with Crippen molar-refractivity contribution in [1.82, 2.24) is 9.80 Å². The molecule has 0 saturated carbocycles. The van der Waals surface area contributed by atoms with E-state index in [2.05, 4.69) is 24.1 Å². The molecule has 1 aromatic rings. The van der Waals surface area contributed by atoms with E-state index in [1.807, 2.05) is 17.0 Å². The fraction of sp³-hybridized carbons (Fsp3) is 0.647. The monoisotopic (exact) mass is 328 g/mol. The lowest BCUT2D eigenvalue weighted by Gasteiger charge is -2.27. The molecule has 6 heteroatoms. The second-order valence-electron chi connectivity index (χ2n) is 6.71. The molecule has 128 valence electrons. The average molecular weight is 328 g/mol. The third-order valence-corrected chi connectivity index (χ3v) is 5.14. The smallest absolute Gasteiger partial charge is 0.390 e. The summed E-state index contributed by atoms with van der Waals surface area (Å²) in [5.74, 6) is 1.69. The topological polar surface area (TPSA) is 15.7 Å². The van der Waals surface area contributed by atoms with Crippen LogP contribution in [0.4, 0.5) is 13.2 Å². The first-order valence-electron chi connectivity index (χ1n) is 8.00. The third-order valence-electron chi connectivity index (χ3n) is 5.14. The number of ether oxygens (including phenoxy) is 1. The minimum absolute atomic E-state index is 0.121. The Balaban J connectivity index is 1.67. The summed E-state index contributed by atoms with van der Waals surface area (Å²) in [4.78, 5) is 4.31. The Hall–Kier alpha value is -1.27. The Morgan fingerprint density at radius 1 is 1.13 bits per heavy atom. The number of benzene rings is 1. The number of fused-ring (bicyclic) bond motifs is 1. The Bertz CT molecular complexity index is 532. The van der Waals surface area contributed by atoms with Crippen LogP contribution in [-0.4, -0.2) is 56.3 Å². The molecule has 0 unspecified atom stereocenters. The molecule has 0 spiro atoms. The van der Waals surface area contributed by atoms with Crippen LogP contribution >= 0.6 is 0 Å². The van der Waals surface area contributed by atoms with E-state index < -0.39 is 12.6 Å². The third kappa shape index (κ3) is 3.63. The van der Waals surface area contributed by atoms with E-state index in [1.54, 1.807) is 7.11 Å². The van der Waals surface area contributed by atoms with E-state index in [-0.39, 0.29) is 12.6 Å². The van der Waals surface area contributed by atoms with Crippen molar-refractivity contribution >= 4 is 0 Å². The van der Waals surface area contributed by atoms with Crippen LogP contribution in [0.5, 0.6) is 5.75 Å². The first-order chi connectivity index (χ1) is 10.9. The molecule has 0 N–H and O–H groups in total. The number of alkyl halides is 3. The summed E-state index contributed by atoms with van der Waals surface area (Å²) in [5.41, 5.74) is 1.22. The molecule has 0 aliphatic carbocycles. The molecule has 2 saturated heterocycles. The molecule has 2 heterocycles. The molecule has 2 fully saturated rings. The van der Waals surface area contributed by atoms with Gasteiger partial charge >= 0.3 is 6.18 Å². The molecule has 1 aromatic carbocycles. The Kier molecular flexibility index (Phi) is 4.56. The maximum absolute atomic E-state index is 12.4. The number of hydrogen-bond donors (Lipinski definition) is 0. The standard InChI is InChI=1S/C17H23F3N2O/c1-21-9-13-10-22(8-7-17(18,19)20)11-15(13)16(21)12-3-5-14(23-2)6-4-12/h3-6,13,15-16H,7-11H2,1-2H3/t13-,15+,16-/m0/s1. The van der Waals surface area contributed by atoms with E-state index in [0.29, 0.717) is 11.8 Å². The largest absolute Gasteiger partial charge is 0.497 e. The van der Waals surface area contributed by atoms with Gasteiger partial charge in [0, 0.05) is 32.2 Å². The number of halogens is 3. The van der Waals surface area contributed by atoms with Crippen molar-refractivity contribution in [2.45, 2.75) is 18.6 Å². The molecule has 0 bridgehead atoms. The maximum atomic E-state index is 12.4. The fourth-order valence-corrected chi connectivity index (χ4v) is 4.12. The number of nitrogens with zero attached hydrogens (tertiary/aromatic N) is 2. The molecule has 3 rings (SSSR count). The van der Waals surface area contributed by atoms with Gasteiger partial charge in [-0.05, 0) is 36.6 Å². The van der Waals surface area contributed by atoms with Crippen LogP contribution in [0.15, 0.2) is 24.3 Å². The fourth-order valence-electron chi connectivity index (χ4n) is 4.12. The highest BCUT2D eigenvalue weighted by molar-refractivity contribution is 5.30. The predicted octanol–water partition coefficient (Wildman–Crippen LogP) is 3.18. The van der Waals surface area contributed by atoms with E-state index in [9.17, 15) is 13.2 Å². The Morgan fingerprint density at radius 2 is 1.83 bits per heavy atom. The van der Waals surface area contributed by atoms with Gasteiger partial charge in [-0.2, -0.15) is 13.2 Å². The van der Waals surface area contributed by atoms with E-state index in [0.717, 1.165) is 25.4 Å². The van der Waals surface area contributed by atoms with Crippen LogP contribution in [0, 0.1) is 11.8 Å². The highest BCUT2D eigenvalue weighted by Gasteiger charge is 2.46. The van der Waals surface area contributed by atoms with Crippen LogP contribution in [0.2, 0.25) is 0 Å². The zero-order valence-corrected chi connectivity index (χ0v) is 13.5. The molecule has 3 atom stereocenters. The lowest BCUT2D eigenvalue weighted by Crippen LogP contribution is -2.31. The van der Waals surface area contributed by atoms with Crippen molar-refractivity contribution < 1.29 is 17.9 Å². The molecule has 0 radical (unpaired) electrons. The number of hydrogen-bond acceptors (Lipinski definition) is 3. The summed E-state index contributed by atoms with van der Waals surface area (Å²) in [5, 5.41) is 0. The van der Waals surface area contributed by atoms with Crippen LogP contribution in [0.1, 0.15) is 18.0 Å². The quantitative estimate of drug-likeness (QED) is 0.844. The average Bonchev–Trinajstić information content (AvgIpc) is 3.01. The van der Waals surface area contributed by atoms with Gasteiger partial charge in [0.05, 0.1) is 13.5 Å². The van der Waals surface area contributed by atoms with E-state index >= 15 is 0 Å². The van der Waals surface area contributed by atoms with Crippen molar-refractivity contribution in [3.05, 3.63) is 29.8 Å². The Morgan fingerprint density at radius 3 is 2.43 bits per heavy atom. The second-order valence-corrected chi connectivity index (χ2v) is 6.71. The van der Waals surface area contributed by atoms with E-state index in [1.165, 1.54) is 5.56 Å². The first kappa shape index (κ1) is 16.6. The normalized spacial score (nSPS) is 29.0. The summed E-state index contributed by atoms with van der Waals surface area (Å²) in [6.07, 6.45) is -4.78. The minimum atomic E-state index is -4.07. The molecule has 0 amide bonds. The van der Waals surface area contributed by atoms with Gasteiger partial charge in [0.25, 0.3) is 0 Å². The lowest BCUT2D eigenvalue weighted by atomic mass is 9.89. The van der Waals surface area contributed by atoms with Crippen molar-refractivity contribution in [3.63, 3.8) is 0 Å². The van der Waals surface area contributed by atoms with Crippen LogP contribution in [0.3, 0.4) is 0 Å². The van der Waals surface area contributed by atoms with Gasteiger partial charge in [-0.15, -0.1) is 0 Å². The molecule has 0 aromatic heterocycles. The number of methoxy groups -OCH3 is 1. The zero-order chi connectivity index (χ0) is 16.6. The van der Waals surface area contributed by atoms with Crippen LogP contribution < -0.4 is 4.74 Å². The number of likely N-dealkylation sites (tertiary alicyclic amines) is 2. The molecule has 2 aliphatic heterocycles. The molecule has 23 heavy (non-hydrogen) atoms. The lowest BCUT2D eigenvalue weighted by molar-refractivity contribution is -0.137. The van der Waals surface area contributed by atoms with Gasteiger partial charge in [0.2, 0.25) is 0 Å². The van der Waals surface area contributed by atoms with E-state index in [4.69, 9.17) is 4.74 Å². The minimum Gasteiger partial charge on any atom is -0.497 e. The predicted molar refractivity (Wildman–Crippen MR) is 82.5 cm³/mol. The molecular formula is C17H23F3N2O. The van der Waals surface area contributed by atoms with Crippen molar-refractivity contribution in [2.24, 2.45) is 11.8 Å². The van der Waals surface area contributed by atoms with Gasteiger partial charge in [0.1, 0.15) is 5.75 Å². The van der Waals surface area contributed by atoms with Gasteiger partial charge in [-0.1, -0.05) is 12.1 Å². The van der Waals surface area contributed by atoms with Crippen molar-refractivity contribution in [2.75, 3.05) is 40.3 Å². The Labute approximate surface area is 135 Å². The number of rotatable bonds is 4. The maximum Gasteiger partial charge on any atom is 0.390 e. The summed E-state index contributed by atoms with van der Waals surface area (Å²) in [6.45, 7) is 2.60. The molecular weight excluding hydrogens is 305 g/mol. The summed E-state index contributed by atoms with van der Waals surface area (Å²) < 4.78 is 42.5. The zero-order valence-electron chi connectivity index (χ0n) is 13.5. The molecule has 2 aliphatic rings. The first-order valence-corrected chi connectivity index (χ1v) is 8.00. The highest BCUT2D eigenvalue weighted by atomic mass is 19.4. The van der Waals surface area contributed by atoms with Crippen LogP contribution in [0.25, 0.3) is 0 Å². The second kappa shape index (κ2) is 6.32. The summed E-state index contributed by atoms with van der Waals surface area (Å²) >= 11 is 0. The highest BCUT2D eigenvalue weighted by Crippen LogP contribution is 2.44. The summed E-state index contributed by atoms with van der Waals surface area (Å²) in [6, 6.07) is 8.32. The van der Waals surface area contributed by atoms with Gasteiger partial charge < -0.3 is 9.64 Å².